The van der Waals surface area contributed by atoms with E-state index in [0.29, 0.717) is 12.1 Å². The van der Waals surface area contributed by atoms with Crippen molar-refractivity contribution in [3.63, 3.8) is 0 Å². The normalized spacial score (nSPS) is 10.6. The second-order valence-corrected chi connectivity index (χ2v) is 3.89. The van der Waals surface area contributed by atoms with E-state index in [1.807, 2.05) is 11.6 Å². The summed E-state index contributed by atoms with van der Waals surface area (Å²) in [6.07, 6.45) is 3.45. The van der Waals surface area contributed by atoms with E-state index in [2.05, 4.69) is 10.3 Å². The Labute approximate surface area is 98.1 Å². The number of hydrogen-bond donors (Lipinski definition) is 1. The number of imidazole rings is 1. The summed E-state index contributed by atoms with van der Waals surface area (Å²) in [5.74, 6) is -0.128. The highest BCUT2D eigenvalue weighted by atomic mass is 19.1. The number of anilines is 1. The van der Waals surface area contributed by atoms with Crippen LogP contribution in [0.3, 0.4) is 0 Å². The van der Waals surface area contributed by atoms with E-state index in [0.717, 1.165) is 11.9 Å². The van der Waals surface area contributed by atoms with E-state index in [1.165, 1.54) is 13.0 Å². The van der Waals surface area contributed by atoms with Crippen LogP contribution in [0.25, 0.3) is 0 Å². The Morgan fingerprint density at radius 2 is 2.06 bits per heavy atom. The number of aromatic nitrogens is 2. The van der Waals surface area contributed by atoms with Crippen LogP contribution in [0.1, 0.15) is 11.4 Å². The zero-order valence-electron chi connectivity index (χ0n) is 9.67. The summed E-state index contributed by atoms with van der Waals surface area (Å²) in [4.78, 5) is 4.08. The monoisotopic (exact) mass is 237 g/mol. The van der Waals surface area contributed by atoms with Crippen LogP contribution in [0.5, 0.6) is 0 Å². The number of nitrogens with zero attached hydrogens (tertiary/aromatic N) is 2. The molecule has 3 nitrogen and oxygen atoms in total. The summed E-state index contributed by atoms with van der Waals surface area (Å²) in [6.45, 7) is 1.88. The molecule has 5 heteroatoms. The van der Waals surface area contributed by atoms with Gasteiger partial charge in [0, 0.05) is 25.5 Å². The third kappa shape index (κ3) is 2.43. The number of hydrogen-bond acceptors (Lipinski definition) is 2. The number of aryl methyl sites for hydroxylation is 2. The molecule has 0 aliphatic heterocycles. The number of rotatable bonds is 3. The molecule has 17 heavy (non-hydrogen) atoms. The van der Waals surface area contributed by atoms with Crippen LogP contribution in [-0.4, -0.2) is 9.55 Å². The van der Waals surface area contributed by atoms with Gasteiger partial charge in [-0.15, -0.1) is 0 Å². The lowest BCUT2D eigenvalue weighted by atomic mass is 10.2. The molecule has 1 heterocycles. The molecule has 0 saturated heterocycles. The maximum atomic E-state index is 13.5. The third-order valence-corrected chi connectivity index (χ3v) is 2.61. The molecule has 1 aromatic carbocycles. The van der Waals surface area contributed by atoms with Crippen molar-refractivity contribution in [2.45, 2.75) is 13.5 Å². The fraction of sp³-hybridized carbons (Fsp3) is 0.250. The molecule has 0 amide bonds. The van der Waals surface area contributed by atoms with Crippen molar-refractivity contribution in [3.05, 3.63) is 47.5 Å². The second kappa shape index (κ2) is 4.53. The van der Waals surface area contributed by atoms with E-state index < -0.39 is 11.6 Å². The van der Waals surface area contributed by atoms with E-state index >= 15 is 0 Å². The van der Waals surface area contributed by atoms with E-state index in [9.17, 15) is 8.78 Å². The molecule has 0 unspecified atom stereocenters. The molecular weight excluding hydrogens is 224 g/mol. The molecule has 1 aromatic heterocycles. The van der Waals surface area contributed by atoms with Gasteiger partial charge in [-0.05, 0) is 18.6 Å². The lowest BCUT2D eigenvalue weighted by molar-refractivity contribution is 0.594. The van der Waals surface area contributed by atoms with Gasteiger partial charge in [-0.1, -0.05) is 0 Å². The van der Waals surface area contributed by atoms with Crippen molar-refractivity contribution in [1.82, 2.24) is 9.55 Å². The molecule has 0 bridgehead atoms. The van der Waals surface area contributed by atoms with Gasteiger partial charge in [-0.2, -0.15) is 0 Å². The largest absolute Gasteiger partial charge is 0.375 e. The molecule has 90 valence electrons. The van der Waals surface area contributed by atoms with Gasteiger partial charge in [0.15, 0.2) is 0 Å². The highest BCUT2D eigenvalue weighted by Crippen LogP contribution is 2.19. The van der Waals surface area contributed by atoms with E-state index in [4.69, 9.17) is 0 Å². The molecule has 0 saturated carbocycles. The molecule has 0 spiro atoms. The Hall–Kier alpha value is -1.91. The van der Waals surface area contributed by atoms with Crippen LogP contribution in [-0.2, 0) is 13.6 Å². The molecule has 0 aliphatic rings. The maximum Gasteiger partial charge on any atom is 0.146 e. The van der Waals surface area contributed by atoms with E-state index in [-0.39, 0.29) is 5.69 Å². The summed E-state index contributed by atoms with van der Waals surface area (Å²) in [5.41, 5.74) is 0.446. The van der Waals surface area contributed by atoms with Gasteiger partial charge in [0.1, 0.15) is 17.5 Å². The number of halogens is 2. The van der Waals surface area contributed by atoms with Crippen LogP contribution < -0.4 is 5.32 Å². The Balaban J connectivity index is 2.14. The van der Waals surface area contributed by atoms with Gasteiger partial charge in [-0.25, -0.2) is 13.8 Å². The van der Waals surface area contributed by atoms with Crippen molar-refractivity contribution >= 4 is 5.69 Å². The fourth-order valence-corrected chi connectivity index (χ4v) is 1.52. The lowest BCUT2D eigenvalue weighted by Gasteiger charge is -2.08. The van der Waals surface area contributed by atoms with Crippen molar-refractivity contribution in [2.75, 3.05) is 5.32 Å². The predicted octanol–water partition coefficient (Wildman–Crippen LogP) is 2.62. The zero-order chi connectivity index (χ0) is 12.4. The molecule has 0 atom stereocenters. The SMILES string of the molecule is Cc1cc(F)c(NCc2nccn2C)cc1F. The van der Waals surface area contributed by atoms with Crippen molar-refractivity contribution in [1.29, 1.82) is 0 Å². The summed E-state index contributed by atoms with van der Waals surface area (Å²) < 4.78 is 28.6. The second-order valence-electron chi connectivity index (χ2n) is 3.89. The Kier molecular flexibility index (Phi) is 3.08. The third-order valence-electron chi connectivity index (χ3n) is 2.61. The predicted molar refractivity (Wildman–Crippen MR) is 61.6 cm³/mol. The summed E-state index contributed by atoms with van der Waals surface area (Å²) in [6, 6.07) is 2.34. The summed E-state index contributed by atoms with van der Waals surface area (Å²) >= 11 is 0. The van der Waals surface area contributed by atoms with Crippen LogP contribution in [0, 0.1) is 18.6 Å². The molecule has 0 radical (unpaired) electrons. The standard InChI is InChI=1S/C12H13F2N3/c1-8-5-10(14)11(6-9(8)13)16-7-12-15-3-4-17(12)2/h3-6,16H,7H2,1-2H3. The molecular formula is C12H13F2N3. The minimum absolute atomic E-state index is 0.149. The number of benzene rings is 1. The molecule has 0 aliphatic carbocycles. The highest BCUT2D eigenvalue weighted by molar-refractivity contribution is 5.46. The maximum absolute atomic E-state index is 13.5. The van der Waals surface area contributed by atoms with Gasteiger partial charge < -0.3 is 9.88 Å². The van der Waals surface area contributed by atoms with Crippen molar-refractivity contribution in [3.8, 4) is 0 Å². The Morgan fingerprint density at radius 1 is 1.29 bits per heavy atom. The summed E-state index contributed by atoms with van der Waals surface area (Å²) in [5, 5.41) is 2.83. The minimum Gasteiger partial charge on any atom is -0.375 e. The zero-order valence-corrected chi connectivity index (χ0v) is 9.67. The molecule has 2 rings (SSSR count). The molecule has 0 fully saturated rings. The van der Waals surface area contributed by atoms with Crippen molar-refractivity contribution in [2.24, 2.45) is 7.05 Å². The average Bonchev–Trinajstić information content (AvgIpc) is 2.68. The topological polar surface area (TPSA) is 29.9 Å². The van der Waals surface area contributed by atoms with Gasteiger partial charge in [0.2, 0.25) is 0 Å². The van der Waals surface area contributed by atoms with E-state index in [1.54, 1.807) is 12.4 Å². The van der Waals surface area contributed by atoms with Crippen LogP contribution in [0.15, 0.2) is 24.5 Å². The summed E-state index contributed by atoms with van der Waals surface area (Å²) in [7, 11) is 1.84. The van der Waals surface area contributed by atoms with Gasteiger partial charge in [-0.3, -0.25) is 0 Å². The van der Waals surface area contributed by atoms with Gasteiger partial charge in [0.05, 0.1) is 12.2 Å². The molecule has 1 N–H and O–H groups in total. The lowest BCUT2D eigenvalue weighted by Crippen LogP contribution is -2.07. The van der Waals surface area contributed by atoms with Gasteiger partial charge in [0.25, 0.3) is 0 Å². The Morgan fingerprint density at radius 3 is 2.71 bits per heavy atom. The highest BCUT2D eigenvalue weighted by Gasteiger charge is 2.07. The van der Waals surface area contributed by atoms with Crippen molar-refractivity contribution < 1.29 is 8.78 Å². The first-order valence-electron chi connectivity index (χ1n) is 5.23. The Bertz CT molecular complexity index is 535. The quantitative estimate of drug-likeness (QED) is 0.889. The fourth-order valence-electron chi connectivity index (χ4n) is 1.52. The first kappa shape index (κ1) is 11.6. The average molecular weight is 237 g/mol. The first-order valence-corrected chi connectivity index (χ1v) is 5.23. The van der Waals surface area contributed by atoms with Crippen LogP contribution in [0.4, 0.5) is 14.5 Å². The minimum atomic E-state index is -0.460. The van der Waals surface area contributed by atoms with Gasteiger partial charge >= 0.3 is 0 Å². The van der Waals surface area contributed by atoms with Crippen LogP contribution >= 0.6 is 0 Å². The smallest absolute Gasteiger partial charge is 0.146 e. The number of nitrogens with one attached hydrogen (secondary N) is 1. The first-order chi connectivity index (χ1) is 8.08. The van der Waals surface area contributed by atoms with Crippen LogP contribution in [0.2, 0.25) is 0 Å². The molecule has 2 aromatic rings.